The number of aryl methyl sites for hydroxylation is 2. The first kappa shape index (κ1) is 12.9. The fourth-order valence-corrected chi connectivity index (χ4v) is 3.41. The molecule has 3 rings (SSSR count). The third-order valence-electron chi connectivity index (χ3n) is 4.41. The van der Waals surface area contributed by atoms with Crippen LogP contribution < -0.4 is 4.90 Å². The van der Waals surface area contributed by atoms with Crippen LogP contribution in [0.4, 0.5) is 5.95 Å². The van der Waals surface area contributed by atoms with Crippen molar-refractivity contribution in [1.29, 1.82) is 0 Å². The Morgan fingerprint density at radius 2 is 1.53 bits per heavy atom. The van der Waals surface area contributed by atoms with Crippen LogP contribution in [-0.4, -0.2) is 47.1 Å². The number of anilines is 1. The molecule has 0 aromatic carbocycles. The SMILES string of the molecule is Cc1cc(C)nc(N2CCN(C3CCCC3)CC2)n1. The molecule has 4 heteroatoms. The van der Waals surface area contributed by atoms with E-state index >= 15 is 0 Å². The highest BCUT2D eigenvalue weighted by atomic mass is 15.3. The third kappa shape index (κ3) is 2.89. The molecule has 0 bridgehead atoms. The van der Waals surface area contributed by atoms with Gasteiger partial charge in [0.15, 0.2) is 0 Å². The first-order valence-electron chi connectivity index (χ1n) is 7.53. The van der Waals surface area contributed by atoms with Crippen LogP contribution in [0.2, 0.25) is 0 Å². The first-order chi connectivity index (χ1) is 9.22. The summed E-state index contributed by atoms with van der Waals surface area (Å²) in [5, 5.41) is 0. The maximum Gasteiger partial charge on any atom is 0.225 e. The summed E-state index contributed by atoms with van der Waals surface area (Å²) in [7, 11) is 0. The van der Waals surface area contributed by atoms with Gasteiger partial charge in [-0.3, -0.25) is 4.90 Å². The lowest BCUT2D eigenvalue weighted by Gasteiger charge is -2.38. The summed E-state index contributed by atoms with van der Waals surface area (Å²) in [6, 6.07) is 2.89. The van der Waals surface area contributed by atoms with Crippen molar-refractivity contribution in [1.82, 2.24) is 14.9 Å². The molecule has 1 aliphatic heterocycles. The van der Waals surface area contributed by atoms with E-state index in [1.54, 1.807) is 0 Å². The number of aromatic nitrogens is 2. The number of rotatable bonds is 2. The Labute approximate surface area is 115 Å². The number of hydrogen-bond donors (Lipinski definition) is 0. The van der Waals surface area contributed by atoms with Crippen LogP contribution in [0.5, 0.6) is 0 Å². The van der Waals surface area contributed by atoms with Crippen LogP contribution in [0, 0.1) is 13.8 Å². The molecule has 0 amide bonds. The zero-order valence-electron chi connectivity index (χ0n) is 12.1. The topological polar surface area (TPSA) is 32.3 Å². The lowest BCUT2D eigenvalue weighted by atomic mass is 10.2. The fourth-order valence-electron chi connectivity index (χ4n) is 3.41. The van der Waals surface area contributed by atoms with E-state index in [0.717, 1.165) is 36.5 Å². The molecule has 0 N–H and O–H groups in total. The molecule has 1 saturated heterocycles. The molecular weight excluding hydrogens is 236 g/mol. The van der Waals surface area contributed by atoms with Gasteiger partial charge >= 0.3 is 0 Å². The summed E-state index contributed by atoms with van der Waals surface area (Å²) in [4.78, 5) is 14.2. The maximum atomic E-state index is 4.58. The summed E-state index contributed by atoms with van der Waals surface area (Å²) in [6.45, 7) is 8.57. The zero-order chi connectivity index (χ0) is 13.2. The molecule has 2 heterocycles. The second-order valence-electron chi connectivity index (χ2n) is 5.91. The molecule has 2 fully saturated rings. The highest BCUT2D eigenvalue weighted by Crippen LogP contribution is 2.25. The lowest BCUT2D eigenvalue weighted by Crippen LogP contribution is -2.50. The van der Waals surface area contributed by atoms with Gasteiger partial charge in [0.2, 0.25) is 5.95 Å². The molecule has 1 aromatic rings. The molecule has 4 nitrogen and oxygen atoms in total. The Morgan fingerprint density at radius 3 is 2.11 bits per heavy atom. The van der Waals surface area contributed by atoms with Gasteiger partial charge in [-0.2, -0.15) is 0 Å². The second-order valence-corrected chi connectivity index (χ2v) is 5.91. The van der Waals surface area contributed by atoms with Crippen molar-refractivity contribution in [2.24, 2.45) is 0 Å². The fraction of sp³-hybridized carbons (Fsp3) is 0.733. The minimum atomic E-state index is 0.849. The summed E-state index contributed by atoms with van der Waals surface area (Å²) in [6.07, 6.45) is 5.65. The van der Waals surface area contributed by atoms with Gasteiger partial charge in [-0.25, -0.2) is 9.97 Å². The molecule has 1 aliphatic carbocycles. The first-order valence-corrected chi connectivity index (χ1v) is 7.53. The summed E-state index contributed by atoms with van der Waals surface area (Å²) in [5.41, 5.74) is 2.14. The summed E-state index contributed by atoms with van der Waals surface area (Å²) >= 11 is 0. The molecule has 104 valence electrons. The van der Waals surface area contributed by atoms with E-state index in [1.165, 1.54) is 38.8 Å². The van der Waals surface area contributed by atoms with Gasteiger partial charge in [-0.05, 0) is 32.8 Å². The minimum absolute atomic E-state index is 0.849. The van der Waals surface area contributed by atoms with Gasteiger partial charge in [0.05, 0.1) is 0 Å². The van der Waals surface area contributed by atoms with Gasteiger partial charge in [-0.15, -0.1) is 0 Å². The predicted molar refractivity (Wildman–Crippen MR) is 77.5 cm³/mol. The molecule has 0 unspecified atom stereocenters. The van der Waals surface area contributed by atoms with Gasteiger partial charge < -0.3 is 4.90 Å². The van der Waals surface area contributed by atoms with E-state index in [4.69, 9.17) is 0 Å². The predicted octanol–water partition coefficient (Wildman–Crippen LogP) is 2.16. The average Bonchev–Trinajstić information content (AvgIpc) is 2.91. The Hall–Kier alpha value is -1.16. The highest BCUT2D eigenvalue weighted by Gasteiger charge is 2.26. The standard InChI is InChI=1S/C15H24N4/c1-12-11-13(2)17-15(16-12)19-9-7-18(8-10-19)14-5-3-4-6-14/h11,14H,3-10H2,1-2H3. The molecule has 1 aromatic heterocycles. The van der Waals surface area contributed by atoms with E-state index in [1.807, 2.05) is 19.9 Å². The molecule has 19 heavy (non-hydrogen) atoms. The Balaban J connectivity index is 1.63. The average molecular weight is 260 g/mol. The Kier molecular flexibility index (Phi) is 3.69. The van der Waals surface area contributed by atoms with Crippen LogP contribution >= 0.6 is 0 Å². The molecule has 0 atom stereocenters. The smallest absolute Gasteiger partial charge is 0.225 e. The van der Waals surface area contributed by atoms with Crippen LogP contribution in [0.15, 0.2) is 6.07 Å². The number of piperazine rings is 1. The second kappa shape index (κ2) is 5.45. The van der Waals surface area contributed by atoms with Gasteiger partial charge in [0, 0.05) is 43.6 Å². The van der Waals surface area contributed by atoms with E-state index in [9.17, 15) is 0 Å². The van der Waals surface area contributed by atoms with Gasteiger partial charge in [0.25, 0.3) is 0 Å². The van der Waals surface area contributed by atoms with E-state index in [0.29, 0.717) is 0 Å². The van der Waals surface area contributed by atoms with E-state index < -0.39 is 0 Å². The van der Waals surface area contributed by atoms with Crippen molar-refractivity contribution >= 4 is 5.95 Å². The lowest BCUT2D eigenvalue weighted by molar-refractivity contribution is 0.187. The van der Waals surface area contributed by atoms with Crippen LogP contribution in [-0.2, 0) is 0 Å². The quantitative estimate of drug-likeness (QED) is 0.815. The molecular formula is C15H24N4. The largest absolute Gasteiger partial charge is 0.338 e. The van der Waals surface area contributed by atoms with Crippen molar-refractivity contribution in [2.75, 3.05) is 31.1 Å². The number of nitrogens with zero attached hydrogens (tertiary/aromatic N) is 4. The zero-order valence-corrected chi connectivity index (χ0v) is 12.1. The van der Waals surface area contributed by atoms with Crippen LogP contribution in [0.3, 0.4) is 0 Å². The van der Waals surface area contributed by atoms with Crippen molar-refractivity contribution < 1.29 is 0 Å². The third-order valence-corrected chi connectivity index (χ3v) is 4.41. The molecule has 1 saturated carbocycles. The molecule has 2 aliphatic rings. The Morgan fingerprint density at radius 1 is 0.947 bits per heavy atom. The summed E-state index contributed by atoms with van der Waals surface area (Å²) in [5.74, 6) is 0.920. The van der Waals surface area contributed by atoms with Crippen LogP contribution in [0.1, 0.15) is 37.1 Å². The van der Waals surface area contributed by atoms with E-state index in [2.05, 4.69) is 19.8 Å². The summed E-state index contributed by atoms with van der Waals surface area (Å²) < 4.78 is 0. The van der Waals surface area contributed by atoms with Crippen LogP contribution in [0.25, 0.3) is 0 Å². The highest BCUT2D eigenvalue weighted by molar-refractivity contribution is 5.32. The van der Waals surface area contributed by atoms with Crippen molar-refractivity contribution in [3.8, 4) is 0 Å². The monoisotopic (exact) mass is 260 g/mol. The van der Waals surface area contributed by atoms with Crippen molar-refractivity contribution in [3.63, 3.8) is 0 Å². The normalized spacial score (nSPS) is 22.1. The number of hydrogen-bond acceptors (Lipinski definition) is 4. The van der Waals surface area contributed by atoms with E-state index in [-0.39, 0.29) is 0 Å². The van der Waals surface area contributed by atoms with Gasteiger partial charge in [0.1, 0.15) is 0 Å². The van der Waals surface area contributed by atoms with Crippen molar-refractivity contribution in [3.05, 3.63) is 17.5 Å². The Bertz CT molecular complexity index is 412. The minimum Gasteiger partial charge on any atom is -0.338 e. The molecule has 0 spiro atoms. The molecule has 0 radical (unpaired) electrons. The maximum absolute atomic E-state index is 4.58. The van der Waals surface area contributed by atoms with Gasteiger partial charge in [-0.1, -0.05) is 12.8 Å². The van der Waals surface area contributed by atoms with Crippen molar-refractivity contribution in [2.45, 2.75) is 45.6 Å².